The van der Waals surface area contributed by atoms with Crippen molar-refractivity contribution < 1.29 is 19.4 Å². The monoisotopic (exact) mass is 493 g/mol. The molecule has 0 aliphatic heterocycles. The minimum atomic E-state index is -1.02. The molecule has 27 heavy (non-hydrogen) atoms. The van der Waals surface area contributed by atoms with Gasteiger partial charge in [-0.05, 0) is 92.9 Å². The molecular weight excluding hydrogens is 478 g/mol. The number of carboxylic acid groups (broad SMARTS) is 1. The van der Waals surface area contributed by atoms with Crippen molar-refractivity contribution in [1.29, 1.82) is 0 Å². The normalized spacial score (nSPS) is 13.7. The summed E-state index contributed by atoms with van der Waals surface area (Å²) < 4.78 is 12.7. The number of benzene rings is 2. The second-order valence-electron chi connectivity index (χ2n) is 6.67. The number of aromatic nitrogens is 1. The van der Waals surface area contributed by atoms with E-state index in [1.165, 1.54) is 23.8 Å². The van der Waals surface area contributed by atoms with Crippen molar-refractivity contribution >= 4 is 48.7 Å². The van der Waals surface area contributed by atoms with Gasteiger partial charge in [0.2, 0.25) is 0 Å². The van der Waals surface area contributed by atoms with E-state index in [1.807, 2.05) is 12.1 Å². The largest absolute Gasteiger partial charge is 0.482 e. The minimum absolute atomic E-state index is 0.396. The second kappa shape index (κ2) is 7.56. The maximum atomic E-state index is 10.7. The first-order chi connectivity index (χ1) is 13.0. The van der Waals surface area contributed by atoms with Gasteiger partial charge in [-0.1, -0.05) is 0 Å². The van der Waals surface area contributed by atoms with Gasteiger partial charge in [-0.15, -0.1) is 0 Å². The molecule has 1 aliphatic rings. The Morgan fingerprint density at radius 1 is 1.15 bits per heavy atom. The van der Waals surface area contributed by atoms with E-state index in [1.54, 1.807) is 12.1 Å². The Kier molecular flexibility index (Phi) is 5.14. The molecule has 0 saturated heterocycles. The van der Waals surface area contributed by atoms with Crippen LogP contribution in [0.25, 0.3) is 10.9 Å². The van der Waals surface area contributed by atoms with E-state index in [4.69, 9.17) is 14.6 Å². The summed E-state index contributed by atoms with van der Waals surface area (Å²) in [6, 6.07) is 9.38. The van der Waals surface area contributed by atoms with E-state index in [-0.39, 0.29) is 0 Å². The van der Waals surface area contributed by atoms with E-state index in [2.05, 4.69) is 49.1 Å². The van der Waals surface area contributed by atoms with Crippen molar-refractivity contribution in [2.75, 3.05) is 6.61 Å². The molecule has 0 atom stereocenters. The van der Waals surface area contributed by atoms with Crippen molar-refractivity contribution in [3.8, 4) is 17.2 Å². The fraction of sp³-hybridized carbons (Fsp3) is 0.250. The molecule has 0 amide bonds. The fourth-order valence-corrected chi connectivity index (χ4v) is 4.31. The molecule has 0 radical (unpaired) electrons. The fourth-order valence-electron chi connectivity index (χ4n) is 3.00. The van der Waals surface area contributed by atoms with Gasteiger partial charge in [-0.3, -0.25) is 0 Å². The lowest BCUT2D eigenvalue weighted by molar-refractivity contribution is -0.139. The van der Waals surface area contributed by atoms with Gasteiger partial charge in [-0.25, -0.2) is 4.79 Å². The van der Waals surface area contributed by atoms with Crippen LogP contribution in [0.1, 0.15) is 18.4 Å². The van der Waals surface area contributed by atoms with Crippen molar-refractivity contribution in [3.05, 3.63) is 51.0 Å². The van der Waals surface area contributed by atoms with Crippen LogP contribution >= 0.6 is 31.9 Å². The average Bonchev–Trinajstić information content (AvgIpc) is 3.36. The van der Waals surface area contributed by atoms with Gasteiger partial charge in [0.05, 0.1) is 8.95 Å². The van der Waals surface area contributed by atoms with Crippen LogP contribution in [0, 0.1) is 5.92 Å². The Balaban J connectivity index is 1.58. The lowest BCUT2D eigenvalue weighted by Crippen LogP contribution is -2.09. The highest BCUT2D eigenvalue weighted by Crippen LogP contribution is 2.41. The Morgan fingerprint density at radius 3 is 2.56 bits per heavy atom. The molecule has 7 heteroatoms. The number of rotatable bonds is 7. The lowest BCUT2D eigenvalue weighted by atomic mass is 10.1. The van der Waals surface area contributed by atoms with Gasteiger partial charge < -0.3 is 19.6 Å². The number of carbonyl (C=O) groups is 1. The van der Waals surface area contributed by atoms with Gasteiger partial charge in [0.15, 0.2) is 12.4 Å². The Bertz CT molecular complexity index is 987. The number of fused-ring (bicyclic) bond motifs is 1. The molecular formula is C20H17Br2NO4. The van der Waals surface area contributed by atoms with Crippen molar-refractivity contribution in [1.82, 2.24) is 4.98 Å². The standard InChI is InChI=1S/C20H17Br2NO4/c21-16-7-14(26-10-19(24)25)8-17(22)20(16)27-13-3-4-18-15(6-13)12(9-23-18)5-11-1-2-11/h3-4,6-9,11,23H,1-2,5,10H2,(H,24,25). The average molecular weight is 495 g/mol. The highest BCUT2D eigenvalue weighted by molar-refractivity contribution is 9.11. The molecule has 2 aromatic carbocycles. The van der Waals surface area contributed by atoms with Crippen LogP contribution in [-0.4, -0.2) is 22.7 Å². The molecule has 1 fully saturated rings. The topological polar surface area (TPSA) is 71.6 Å². The molecule has 0 unspecified atom stereocenters. The first-order valence-corrected chi connectivity index (χ1v) is 10.2. The number of hydrogen-bond acceptors (Lipinski definition) is 3. The van der Waals surface area contributed by atoms with E-state index in [0.29, 0.717) is 20.4 Å². The molecule has 1 heterocycles. The molecule has 140 valence electrons. The number of aromatic amines is 1. The van der Waals surface area contributed by atoms with Crippen LogP contribution in [0.2, 0.25) is 0 Å². The van der Waals surface area contributed by atoms with E-state index in [9.17, 15) is 4.79 Å². The number of ether oxygens (including phenoxy) is 2. The number of nitrogens with one attached hydrogen (secondary N) is 1. The van der Waals surface area contributed by atoms with Crippen LogP contribution in [0.15, 0.2) is 45.5 Å². The van der Waals surface area contributed by atoms with E-state index >= 15 is 0 Å². The van der Waals surface area contributed by atoms with Crippen molar-refractivity contribution in [2.45, 2.75) is 19.3 Å². The van der Waals surface area contributed by atoms with Crippen LogP contribution in [0.4, 0.5) is 0 Å². The molecule has 5 nitrogen and oxygen atoms in total. The third-order valence-corrected chi connectivity index (χ3v) is 5.68. The van der Waals surface area contributed by atoms with Crippen LogP contribution in [0.3, 0.4) is 0 Å². The number of carboxylic acids is 1. The zero-order chi connectivity index (χ0) is 19.0. The number of aliphatic carboxylic acids is 1. The number of hydrogen-bond donors (Lipinski definition) is 2. The SMILES string of the molecule is O=C(O)COc1cc(Br)c(Oc2ccc3[nH]cc(CC4CC4)c3c2)c(Br)c1. The Morgan fingerprint density at radius 2 is 1.89 bits per heavy atom. The van der Waals surface area contributed by atoms with Gasteiger partial charge in [0.25, 0.3) is 0 Å². The first-order valence-electron chi connectivity index (χ1n) is 8.61. The molecule has 1 aliphatic carbocycles. The van der Waals surface area contributed by atoms with Gasteiger partial charge >= 0.3 is 5.97 Å². The molecule has 1 aromatic heterocycles. The van der Waals surface area contributed by atoms with Crippen LogP contribution in [-0.2, 0) is 11.2 Å². The molecule has 3 aromatic rings. The predicted molar refractivity (Wildman–Crippen MR) is 110 cm³/mol. The molecule has 1 saturated carbocycles. The van der Waals surface area contributed by atoms with Crippen molar-refractivity contribution in [2.24, 2.45) is 5.92 Å². The quantitative estimate of drug-likeness (QED) is 0.428. The third kappa shape index (κ3) is 4.30. The summed E-state index contributed by atoms with van der Waals surface area (Å²) in [6.45, 7) is -0.396. The zero-order valence-electron chi connectivity index (χ0n) is 14.3. The first kappa shape index (κ1) is 18.4. The predicted octanol–water partition coefficient (Wildman–Crippen LogP) is 5.90. The van der Waals surface area contributed by atoms with Crippen LogP contribution < -0.4 is 9.47 Å². The highest BCUT2D eigenvalue weighted by Gasteiger charge is 2.23. The van der Waals surface area contributed by atoms with Crippen molar-refractivity contribution in [3.63, 3.8) is 0 Å². The van der Waals surface area contributed by atoms with Gasteiger partial charge in [0, 0.05) is 17.1 Å². The Labute approximate surface area is 172 Å². The maximum Gasteiger partial charge on any atom is 0.341 e. The van der Waals surface area contributed by atoms with Crippen LogP contribution in [0.5, 0.6) is 17.2 Å². The van der Waals surface area contributed by atoms with Gasteiger partial charge in [0.1, 0.15) is 11.5 Å². The molecule has 4 rings (SSSR count). The highest BCUT2D eigenvalue weighted by atomic mass is 79.9. The lowest BCUT2D eigenvalue weighted by Gasteiger charge is -2.12. The second-order valence-corrected chi connectivity index (χ2v) is 8.38. The third-order valence-electron chi connectivity index (χ3n) is 4.50. The summed E-state index contributed by atoms with van der Waals surface area (Å²) >= 11 is 6.94. The number of H-pyrrole nitrogens is 1. The summed E-state index contributed by atoms with van der Waals surface area (Å²) in [5, 5.41) is 9.92. The Hall–Kier alpha value is -1.99. The smallest absolute Gasteiger partial charge is 0.341 e. The summed E-state index contributed by atoms with van der Waals surface area (Å²) in [7, 11) is 0. The van der Waals surface area contributed by atoms with Gasteiger partial charge in [-0.2, -0.15) is 0 Å². The maximum absolute atomic E-state index is 10.7. The minimum Gasteiger partial charge on any atom is -0.482 e. The number of halogens is 2. The summed E-state index contributed by atoms with van der Waals surface area (Å²) in [6.07, 6.45) is 5.83. The van der Waals surface area contributed by atoms with E-state index in [0.717, 1.165) is 23.6 Å². The van der Waals surface area contributed by atoms with E-state index < -0.39 is 12.6 Å². The molecule has 2 N–H and O–H groups in total. The summed E-state index contributed by atoms with van der Waals surface area (Å²) in [5.74, 6) is 1.58. The molecule has 0 bridgehead atoms. The summed E-state index contributed by atoms with van der Waals surface area (Å²) in [4.78, 5) is 14.0. The summed E-state index contributed by atoms with van der Waals surface area (Å²) in [5.41, 5.74) is 2.43. The molecule has 0 spiro atoms. The zero-order valence-corrected chi connectivity index (χ0v) is 17.5.